The summed E-state index contributed by atoms with van der Waals surface area (Å²) in [6.45, 7) is 3.93. The van der Waals surface area contributed by atoms with Crippen molar-refractivity contribution in [2.75, 3.05) is 19.8 Å². The number of rotatable bonds is 8. The van der Waals surface area contributed by atoms with Crippen LogP contribution in [0.3, 0.4) is 0 Å². The summed E-state index contributed by atoms with van der Waals surface area (Å²) in [5.74, 6) is -0.586. The quantitative estimate of drug-likeness (QED) is 0.248. The van der Waals surface area contributed by atoms with Gasteiger partial charge in [-0.25, -0.2) is 4.39 Å². The Kier molecular flexibility index (Phi) is 6.84. The van der Waals surface area contributed by atoms with E-state index >= 15 is 0 Å². The first kappa shape index (κ1) is 15.4. The molecule has 0 unspecified atom stereocenters. The molecule has 0 saturated heterocycles. The lowest BCUT2D eigenvalue weighted by molar-refractivity contribution is 0.0408. The van der Waals surface area contributed by atoms with Gasteiger partial charge in [-0.15, -0.1) is 0 Å². The van der Waals surface area contributed by atoms with Crippen LogP contribution in [0, 0.1) is 5.82 Å². The van der Waals surface area contributed by atoms with Gasteiger partial charge >= 0.3 is 0 Å². The van der Waals surface area contributed by atoms with Gasteiger partial charge in [0.05, 0.1) is 19.8 Å². The third-order valence-corrected chi connectivity index (χ3v) is 2.35. The fourth-order valence-electron chi connectivity index (χ4n) is 1.49. The van der Waals surface area contributed by atoms with Crippen LogP contribution < -0.4 is 5.73 Å². The molecule has 106 valence electrons. The zero-order valence-electron chi connectivity index (χ0n) is 10.9. The maximum Gasteiger partial charge on any atom is 0.170 e. The highest BCUT2D eigenvalue weighted by Crippen LogP contribution is 2.10. The van der Waals surface area contributed by atoms with E-state index in [9.17, 15) is 4.39 Å². The Hall–Kier alpha value is -1.66. The summed E-state index contributed by atoms with van der Waals surface area (Å²) in [5.41, 5.74) is 6.36. The third kappa shape index (κ3) is 5.67. The lowest BCUT2D eigenvalue weighted by atomic mass is 10.1. The summed E-state index contributed by atoms with van der Waals surface area (Å²) in [6, 6.07) is 4.16. The smallest absolute Gasteiger partial charge is 0.170 e. The minimum atomic E-state index is -0.454. The first-order chi connectivity index (χ1) is 9.17. The minimum Gasteiger partial charge on any atom is -0.409 e. The van der Waals surface area contributed by atoms with Crippen molar-refractivity contribution in [3.8, 4) is 0 Å². The van der Waals surface area contributed by atoms with Crippen molar-refractivity contribution in [3.05, 3.63) is 35.1 Å². The van der Waals surface area contributed by atoms with Gasteiger partial charge in [-0.3, -0.25) is 0 Å². The molecule has 3 N–H and O–H groups in total. The molecule has 0 aliphatic rings. The largest absolute Gasteiger partial charge is 0.409 e. The highest BCUT2D eigenvalue weighted by molar-refractivity contribution is 5.97. The zero-order valence-corrected chi connectivity index (χ0v) is 10.9. The average molecular weight is 270 g/mol. The lowest BCUT2D eigenvalue weighted by Crippen LogP contribution is -2.14. The molecule has 0 bridgehead atoms. The Labute approximate surface area is 111 Å². The molecule has 0 atom stereocenters. The molecular weight excluding hydrogens is 251 g/mol. The lowest BCUT2D eigenvalue weighted by Gasteiger charge is -2.07. The van der Waals surface area contributed by atoms with Crippen LogP contribution in [0.25, 0.3) is 0 Å². The van der Waals surface area contributed by atoms with Crippen molar-refractivity contribution in [2.24, 2.45) is 10.9 Å². The summed E-state index contributed by atoms with van der Waals surface area (Å²) in [5, 5.41) is 11.4. The van der Waals surface area contributed by atoms with Crippen molar-refractivity contribution in [1.29, 1.82) is 0 Å². The topological polar surface area (TPSA) is 77.1 Å². The molecule has 0 aliphatic heterocycles. The van der Waals surface area contributed by atoms with Crippen molar-refractivity contribution in [2.45, 2.75) is 20.0 Å². The maximum absolute atomic E-state index is 13.3. The maximum atomic E-state index is 13.3. The highest BCUT2D eigenvalue weighted by Gasteiger charge is 2.05. The third-order valence-electron chi connectivity index (χ3n) is 2.35. The highest BCUT2D eigenvalue weighted by atomic mass is 19.1. The van der Waals surface area contributed by atoms with Gasteiger partial charge in [0.25, 0.3) is 0 Å². The van der Waals surface area contributed by atoms with Gasteiger partial charge in [-0.2, -0.15) is 0 Å². The molecule has 1 rings (SSSR count). The number of halogens is 1. The van der Waals surface area contributed by atoms with Crippen molar-refractivity contribution < 1.29 is 19.1 Å². The van der Waals surface area contributed by atoms with E-state index in [2.05, 4.69) is 5.16 Å². The van der Waals surface area contributed by atoms with Crippen LogP contribution in [0.1, 0.15) is 24.5 Å². The molecule has 1 aromatic rings. The predicted molar refractivity (Wildman–Crippen MR) is 69.7 cm³/mol. The molecule has 0 aromatic heterocycles. The number of nitrogens with zero attached hydrogens (tertiary/aromatic N) is 1. The molecule has 6 heteroatoms. The Bertz CT molecular complexity index is 424. The van der Waals surface area contributed by atoms with Gasteiger partial charge in [0.15, 0.2) is 5.84 Å². The number of nitrogens with two attached hydrogens (primary N) is 1. The Morgan fingerprint density at radius 2 is 2.00 bits per heavy atom. The Morgan fingerprint density at radius 3 is 2.68 bits per heavy atom. The molecule has 0 aliphatic carbocycles. The van der Waals surface area contributed by atoms with E-state index in [4.69, 9.17) is 20.4 Å². The zero-order chi connectivity index (χ0) is 14.1. The molecule has 0 spiro atoms. The van der Waals surface area contributed by atoms with Crippen LogP contribution in [-0.2, 0) is 16.1 Å². The molecule has 0 radical (unpaired) electrons. The van der Waals surface area contributed by atoms with Crippen molar-refractivity contribution in [3.63, 3.8) is 0 Å². The first-order valence-corrected chi connectivity index (χ1v) is 6.10. The van der Waals surface area contributed by atoms with E-state index in [0.717, 1.165) is 6.42 Å². The monoisotopic (exact) mass is 270 g/mol. The predicted octanol–water partition coefficient (Wildman–Crippen LogP) is 1.86. The van der Waals surface area contributed by atoms with Gasteiger partial charge in [0.2, 0.25) is 0 Å². The van der Waals surface area contributed by atoms with Crippen molar-refractivity contribution in [1.82, 2.24) is 0 Å². The van der Waals surface area contributed by atoms with E-state index in [0.29, 0.717) is 30.9 Å². The van der Waals surface area contributed by atoms with Gasteiger partial charge in [0, 0.05) is 12.2 Å². The van der Waals surface area contributed by atoms with E-state index in [1.807, 2.05) is 6.92 Å². The summed E-state index contributed by atoms with van der Waals surface area (Å²) in [7, 11) is 0. The molecule has 0 fully saturated rings. The Morgan fingerprint density at radius 1 is 1.26 bits per heavy atom. The summed E-state index contributed by atoms with van der Waals surface area (Å²) in [4.78, 5) is 0. The summed E-state index contributed by atoms with van der Waals surface area (Å²) >= 11 is 0. The fraction of sp³-hybridized carbons (Fsp3) is 0.462. The van der Waals surface area contributed by atoms with Crippen LogP contribution in [0.15, 0.2) is 23.4 Å². The average Bonchev–Trinajstić information content (AvgIpc) is 2.41. The molecule has 0 heterocycles. The van der Waals surface area contributed by atoms with Gasteiger partial charge in [0.1, 0.15) is 5.82 Å². The number of amidine groups is 1. The molecule has 0 saturated carbocycles. The van der Waals surface area contributed by atoms with Crippen LogP contribution in [-0.4, -0.2) is 30.9 Å². The Balaban J connectivity index is 2.47. The molecule has 19 heavy (non-hydrogen) atoms. The second-order valence-corrected chi connectivity index (χ2v) is 4.00. The first-order valence-electron chi connectivity index (χ1n) is 6.10. The number of ether oxygens (including phenoxy) is 2. The molecule has 0 amide bonds. The van der Waals surface area contributed by atoms with E-state index in [-0.39, 0.29) is 12.4 Å². The van der Waals surface area contributed by atoms with Gasteiger partial charge in [-0.1, -0.05) is 12.1 Å². The number of hydrogen-bond donors (Lipinski definition) is 2. The van der Waals surface area contributed by atoms with Crippen LogP contribution >= 0.6 is 0 Å². The second-order valence-electron chi connectivity index (χ2n) is 4.00. The van der Waals surface area contributed by atoms with Gasteiger partial charge in [-0.05, 0) is 30.2 Å². The van der Waals surface area contributed by atoms with E-state index < -0.39 is 5.82 Å². The van der Waals surface area contributed by atoms with Crippen LogP contribution in [0.2, 0.25) is 0 Å². The summed E-state index contributed by atoms with van der Waals surface area (Å²) < 4.78 is 23.9. The number of oxime groups is 1. The van der Waals surface area contributed by atoms with E-state index in [1.165, 1.54) is 12.1 Å². The fourth-order valence-corrected chi connectivity index (χ4v) is 1.49. The van der Waals surface area contributed by atoms with Gasteiger partial charge < -0.3 is 20.4 Å². The van der Waals surface area contributed by atoms with Crippen LogP contribution in [0.4, 0.5) is 4.39 Å². The standard InChI is InChI=1S/C13H19FN2O3/c1-2-3-18-4-5-19-9-10-6-11(13(15)16-17)8-12(14)7-10/h6-8,17H,2-5,9H2,1H3,(H2,15,16). The summed E-state index contributed by atoms with van der Waals surface area (Å²) in [6.07, 6.45) is 0.965. The normalized spacial score (nSPS) is 11.8. The minimum absolute atomic E-state index is 0.132. The number of benzene rings is 1. The second kappa shape index (κ2) is 8.44. The SMILES string of the molecule is CCCOCCOCc1cc(F)cc(/C(N)=N/O)c1. The van der Waals surface area contributed by atoms with E-state index in [1.54, 1.807) is 6.07 Å². The van der Waals surface area contributed by atoms with Crippen LogP contribution in [0.5, 0.6) is 0 Å². The molecule has 1 aromatic carbocycles. The van der Waals surface area contributed by atoms with Crippen molar-refractivity contribution >= 4 is 5.84 Å². The molecular formula is C13H19FN2O3. The number of hydrogen-bond acceptors (Lipinski definition) is 4. The molecule has 5 nitrogen and oxygen atoms in total.